The number of fused-ring (bicyclic) bond motifs is 1. The Kier molecular flexibility index (Phi) is 6.55. The van der Waals surface area contributed by atoms with Crippen LogP contribution in [0.2, 0.25) is 0 Å². The molecule has 6 rings (SSSR count). The van der Waals surface area contributed by atoms with Crippen LogP contribution in [0.4, 0.5) is 20.5 Å². The Balaban J connectivity index is 1.36. The van der Waals surface area contributed by atoms with E-state index in [4.69, 9.17) is 14.7 Å². The first-order valence-corrected chi connectivity index (χ1v) is 12.9. The third-order valence-corrected chi connectivity index (χ3v) is 7.08. The molecule has 1 N–H and O–H groups in total. The Bertz CT molecular complexity index is 1490. The molecule has 10 nitrogen and oxygen atoms in total. The number of pyridine rings is 1. The van der Waals surface area contributed by atoms with Crippen LogP contribution in [0, 0.1) is 0 Å². The zero-order chi connectivity index (χ0) is 27.0. The van der Waals surface area contributed by atoms with Crippen molar-refractivity contribution in [2.45, 2.75) is 25.3 Å². The number of para-hydroxylation sites is 2. The molecule has 2 aliphatic rings. The van der Waals surface area contributed by atoms with Gasteiger partial charge in [0.2, 0.25) is 5.95 Å². The maximum Gasteiger partial charge on any atom is 0.296 e. The fourth-order valence-corrected chi connectivity index (χ4v) is 5.13. The van der Waals surface area contributed by atoms with Crippen molar-refractivity contribution in [1.82, 2.24) is 29.4 Å². The molecule has 1 aromatic carbocycles. The summed E-state index contributed by atoms with van der Waals surface area (Å²) in [5, 5.41) is 3.49. The molecule has 2 fully saturated rings. The van der Waals surface area contributed by atoms with Gasteiger partial charge in [0.05, 0.1) is 29.8 Å². The second-order valence-corrected chi connectivity index (χ2v) is 9.98. The lowest BCUT2D eigenvalue weighted by Crippen LogP contribution is -2.41. The van der Waals surface area contributed by atoms with Gasteiger partial charge in [-0.3, -0.25) is 14.3 Å². The highest BCUT2D eigenvalue weighted by Gasteiger charge is 2.37. The molecule has 202 valence electrons. The first-order chi connectivity index (χ1) is 18.9. The summed E-state index contributed by atoms with van der Waals surface area (Å²) in [7, 11) is 0. The summed E-state index contributed by atoms with van der Waals surface area (Å²) < 4.78 is 35.2. The molecule has 2 saturated heterocycles. The lowest BCUT2D eigenvalue weighted by molar-refractivity contribution is 0.0781. The molecule has 2 aliphatic heterocycles. The van der Waals surface area contributed by atoms with Crippen LogP contribution in [0.25, 0.3) is 16.9 Å². The highest BCUT2D eigenvalue weighted by atomic mass is 19.3. The van der Waals surface area contributed by atoms with Crippen LogP contribution in [0.15, 0.2) is 54.7 Å². The molecular weight excluding hydrogens is 506 g/mol. The van der Waals surface area contributed by atoms with E-state index in [1.807, 2.05) is 11.8 Å². The van der Waals surface area contributed by atoms with Crippen LogP contribution in [0.1, 0.15) is 36.1 Å². The van der Waals surface area contributed by atoms with Crippen LogP contribution in [0.3, 0.4) is 0 Å². The van der Waals surface area contributed by atoms with Crippen LogP contribution in [0.5, 0.6) is 0 Å². The fourth-order valence-electron chi connectivity index (χ4n) is 5.13. The van der Waals surface area contributed by atoms with E-state index in [2.05, 4.69) is 15.3 Å². The van der Waals surface area contributed by atoms with Gasteiger partial charge in [-0.2, -0.15) is 9.97 Å². The number of aromatic nitrogens is 5. The number of rotatable bonds is 6. The van der Waals surface area contributed by atoms with Crippen molar-refractivity contribution < 1.29 is 18.3 Å². The van der Waals surface area contributed by atoms with E-state index in [-0.39, 0.29) is 11.7 Å². The highest BCUT2D eigenvalue weighted by molar-refractivity contribution is 5.92. The standard InChI is InChI=1S/C27H28F2N8O2/c1-27(9-11-36(17-27)25(38)19-7-4-5-10-30-19)34-21-16-22(33-26(32-21)35-12-14-39-15-13-35)37-20-8-3-2-6-18(20)31-24(37)23(28)29/h2-8,10,16,23H,9,11-15,17H2,1H3,(H,32,33,34)/t27-/m0/s1. The van der Waals surface area contributed by atoms with Crippen molar-refractivity contribution in [3.05, 3.63) is 66.2 Å². The number of hydrogen-bond acceptors (Lipinski definition) is 8. The van der Waals surface area contributed by atoms with Crippen molar-refractivity contribution >= 4 is 28.7 Å². The topological polar surface area (TPSA) is 101 Å². The van der Waals surface area contributed by atoms with Crippen LogP contribution < -0.4 is 10.2 Å². The summed E-state index contributed by atoms with van der Waals surface area (Å²) >= 11 is 0. The second kappa shape index (κ2) is 10.2. The van der Waals surface area contributed by atoms with Crippen LogP contribution in [-0.2, 0) is 4.74 Å². The Morgan fingerprint density at radius 1 is 1.05 bits per heavy atom. The molecule has 3 aromatic heterocycles. The molecule has 5 heterocycles. The number of carbonyl (C=O) groups excluding carboxylic acids is 1. The monoisotopic (exact) mass is 534 g/mol. The van der Waals surface area contributed by atoms with Crippen molar-refractivity contribution in [3.63, 3.8) is 0 Å². The lowest BCUT2D eigenvalue weighted by Gasteiger charge is -2.30. The number of benzene rings is 1. The zero-order valence-electron chi connectivity index (χ0n) is 21.4. The summed E-state index contributed by atoms with van der Waals surface area (Å²) in [6, 6.07) is 13.9. The number of nitrogens with one attached hydrogen (secondary N) is 1. The van der Waals surface area contributed by atoms with E-state index in [1.165, 1.54) is 4.57 Å². The third kappa shape index (κ3) is 4.99. The Morgan fingerprint density at radius 2 is 1.85 bits per heavy atom. The molecule has 1 amide bonds. The molecule has 0 unspecified atom stereocenters. The SMILES string of the molecule is C[C@]1(Nc2cc(-n3c(C(F)F)nc4ccccc43)nc(N3CCOCC3)n2)CCN(C(=O)c2ccccn2)C1. The minimum absolute atomic E-state index is 0.134. The summed E-state index contributed by atoms with van der Waals surface area (Å²) in [4.78, 5) is 34.6. The molecule has 39 heavy (non-hydrogen) atoms. The largest absolute Gasteiger partial charge is 0.378 e. The predicted octanol–water partition coefficient (Wildman–Crippen LogP) is 3.70. The van der Waals surface area contributed by atoms with E-state index >= 15 is 0 Å². The van der Waals surface area contributed by atoms with E-state index < -0.39 is 12.0 Å². The number of hydrogen-bond donors (Lipinski definition) is 1. The van der Waals surface area contributed by atoms with Crippen molar-refractivity contribution in [2.75, 3.05) is 49.6 Å². The Morgan fingerprint density at radius 3 is 2.62 bits per heavy atom. The van der Waals surface area contributed by atoms with Gasteiger partial charge in [0.25, 0.3) is 12.3 Å². The number of likely N-dealkylation sites (tertiary alicyclic amines) is 1. The van der Waals surface area contributed by atoms with E-state index in [9.17, 15) is 13.6 Å². The van der Waals surface area contributed by atoms with Gasteiger partial charge in [-0.15, -0.1) is 0 Å². The molecule has 1 atom stereocenters. The number of carbonyl (C=O) groups is 1. The number of ether oxygens (including phenoxy) is 1. The van der Waals surface area contributed by atoms with Gasteiger partial charge in [0, 0.05) is 38.4 Å². The molecule has 0 spiro atoms. The normalized spacial score (nSPS) is 19.7. The first kappa shape index (κ1) is 25.1. The predicted molar refractivity (Wildman–Crippen MR) is 141 cm³/mol. The number of halogens is 2. The maximum atomic E-state index is 14.1. The number of amides is 1. The zero-order valence-corrected chi connectivity index (χ0v) is 21.4. The number of nitrogens with zero attached hydrogens (tertiary/aromatic N) is 7. The van der Waals surface area contributed by atoms with Gasteiger partial charge in [-0.25, -0.2) is 13.8 Å². The fraction of sp³-hybridized carbons (Fsp3) is 0.370. The van der Waals surface area contributed by atoms with Crippen molar-refractivity contribution in [1.29, 1.82) is 0 Å². The van der Waals surface area contributed by atoms with Gasteiger partial charge >= 0.3 is 0 Å². The number of imidazole rings is 1. The minimum Gasteiger partial charge on any atom is -0.378 e. The molecule has 12 heteroatoms. The molecule has 4 aromatic rings. The highest BCUT2D eigenvalue weighted by Crippen LogP contribution is 2.31. The smallest absolute Gasteiger partial charge is 0.296 e. The molecule has 0 bridgehead atoms. The maximum absolute atomic E-state index is 14.1. The molecular formula is C27H28F2N8O2. The van der Waals surface area contributed by atoms with E-state index in [0.29, 0.717) is 80.1 Å². The summed E-state index contributed by atoms with van der Waals surface area (Å²) in [5.74, 6) is 0.674. The van der Waals surface area contributed by atoms with Crippen LogP contribution >= 0.6 is 0 Å². The third-order valence-electron chi connectivity index (χ3n) is 7.08. The quantitative estimate of drug-likeness (QED) is 0.400. The van der Waals surface area contributed by atoms with Gasteiger partial charge in [0.15, 0.2) is 5.82 Å². The Labute approximate surface area is 223 Å². The lowest BCUT2D eigenvalue weighted by atomic mass is 10.0. The average Bonchev–Trinajstić information content (AvgIpc) is 3.54. The molecule has 0 aliphatic carbocycles. The van der Waals surface area contributed by atoms with Gasteiger partial charge < -0.3 is 19.9 Å². The summed E-state index contributed by atoms with van der Waals surface area (Å²) in [6.45, 7) is 5.22. The van der Waals surface area contributed by atoms with E-state index in [0.717, 1.165) is 0 Å². The summed E-state index contributed by atoms with van der Waals surface area (Å²) in [5.41, 5.74) is 0.887. The van der Waals surface area contributed by atoms with Crippen LogP contribution in [-0.4, -0.2) is 80.2 Å². The van der Waals surface area contributed by atoms with Crippen molar-refractivity contribution in [2.24, 2.45) is 0 Å². The second-order valence-electron chi connectivity index (χ2n) is 9.98. The minimum atomic E-state index is -2.80. The van der Waals surface area contributed by atoms with Gasteiger partial charge in [-0.05, 0) is 37.6 Å². The molecule has 0 radical (unpaired) electrons. The number of morpholine rings is 1. The average molecular weight is 535 g/mol. The molecule has 0 saturated carbocycles. The first-order valence-electron chi connectivity index (χ1n) is 12.9. The van der Waals surface area contributed by atoms with Gasteiger partial charge in [0.1, 0.15) is 17.3 Å². The summed E-state index contributed by atoms with van der Waals surface area (Å²) in [6.07, 6.45) is -0.521. The van der Waals surface area contributed by atoms with E-state index in [1.54, 1.807) is 59.6 Å². The number of anilines is 2. The Hall–Kier alpha value is -4.19. The van der Waals surface area contributed by atoms with Crippen molar-refractivity contribution in [3.8, 4) is 5.82 Å². The van der Waals surface area contributed by atoms with Gasteiger partial charge in [-0.1, -0.05) is 18.2 Å². The number of alkyl halides is 2.